The lowest BCUT2D eigenvalue weighted by Gasteiger charge is -2.09. The Morgan fingerprint density at radius 3 is 2.75 bits per heavy atom. The van der Waals surface area contributed by atoms with Crippen LogP contribution in [-0.2, 0) is 23.0 Å². The van der Waals surface area contributed by atoms with E-state index in [0.29, 0.717) is 22.3 Å². The molecule has 2 aromatic rings. The highest BCUT2D eigenvalue weighted by Crippen LogP contribution is 2.34. The topological polar surface area (TPSA) is 26.3 Å². The van der Waals surface area contributed by atoms with E-state index < -0.39 is 10.8 Å². The molecular formula is C15H12ClFO2S. The number of benzene rings is 2. The van der Waals surface area contributed by atoms with Gasteiger partial charge in [-0.3, -0.25) is 4.21 Å². The molecule has 1 atom stereocenters. The summed E-state index contributed by atoms with van der Waals surface area (Å²) < 4.78 is 30.8. The van der Waals surface area contributed by atoms with Crippen molar-refractivity contribution in [3.05, 3.63) is 58.4 Å². The maximum absolute atomic E-state index is 12.9. The lowest BCUT2D eigenvalue weighted by molar-refractivity contribution is 0.354. The Hall–Kier alpha value is -1.39. The van der Waals surface area contributed by atoms with Crippen molar-refractivity contribution in [3.8, 4) is 5.75 Å². The maximum Gasteiger partial charge on any atom is 0.126 e. The molecule has 1 aliphatic rings. The van der Waals surface area contributed by atoms with Gasteiger partial charge in [-0.05, 0) is 42.0 Å². The van der Waals surface area contributed by atoms with Crippen molar-refractivity contribution in [2.75, 3.05) is 6.61 Å². The number of hydrogen-bond donors (Lipinski definition) is 0. The van der Waals surface area contributed by atoms with Crippen LogP contribution in [0.2, 0.25) is 5.02 Å². The predicted molar refractivity (Wildman–Crippen MR) is 77.2 cm³/mol. The third-order valence-electron chi connectivity index (χ3n) is 3.19. The van der Waals surface area contributed by atoms with Crippen molar-refractivity contribution in [2.45, 2.75) is 17.1 Å². The van der Waals surface area contributed by atoms with E-state index in [4.69, 9.17) is 16.3 Å². The molecule has 0 amide bonds. The summed E-state index contributed by atoms with van der Waals surface area (Å²) in [6, 6.07) is 9.37. The molecule has 0 saturated carbocycles. The van der Waals surface area contributed by atoms with E-state index in [1.807, 2.05) is 6.07 Å². The average molecular weight is 311 g/mol. The molecule has 2 aromatic carbocycles. The van der Waals surface area contributed by atoms with Crippen molar-refractivity contribution >= 4 is 22.4 Å². The van der Waals surface area contributed by atoms with Gasteiger partial charge >= 0.3 is 0 Å². The fraction of sp³-hybridized carbons (Fsp3) is 0.200. The van der Waals surface area contributed by atoms with Crippen molar-refractivity contribution in [1.82, 2.24) is 0 Å². The molecule has 1 heterocycles. The molecule has 0 aromatic heterocycles. The summed E-state index contributed by atoms with van der Waals surface area (Å²) in [6.07, 6.45) is 0.825. The highest BCUT2D eigenvalue weighted by Gasteiger charge is 2.19. The van der Waals surface area contributed by atoms with Crippen LogP contribution in [0.3, 0.4) is 0 Å². The summed E-state index contributed by atoms with van der Waals surface area (Å²) in [6.45, 7) is 0.631. The molecule has 0 radical (unpaired) electrons. The highest BCUT2D eigenvalue weighted by atomic mass is 35.5. The van der Waals surface area contributed by atoms with Gasteiger partial charge < -0.3 is 4.74 Å². The van der Waals surface area contributed by atoms with E-state index in [9.17, 15) is 8.60 Å². The number of fused-ring (bicyclic) bond motifs is 1. The Kier molecular flexibility index (Phi) is 3.76. The van der Waals surface area contributed by atoms with Crippen LogP contribution in [0.1, 0.15) is 11.1 Å². The molecule has 5 heteroatoms. The van der Waals surface area contributed by atoms with E-state index in [-0.39, 0.29) is 5.82 Å². The Labute approximate surface area is 124 Å². The largest absolute Gasteiger partial charge is 0.493 e. The molecule has 0 fully saturated rings. The normalized spacial score (nSPS) is 14.7. The quantitative estimate of drug-likeness (QED) is 0.863. The monoisotopic (exact) mass is 310 g/mol. The van der Waals surface area contributed by atoms with Crippen molar-refractivity contribution in [1.29, 1.82) is 0 Å². The molecule has 0 saturated heterocycles. The minimum Gasteiger partial charge on any atom is -0.493 e. The predicted octanol–water partition coefficient (Wildman–Crippen LogP) is 3.72. The third-order valence-corrected chi connectivity index (χ3v) is 4.78. The van der Waals surface area contributed by atoms with Gasteiger partial charge in [-0.15, -0.1) is 0 Å². The van der Waals surface area contributed by atoms with Gasteiger partial charge in [-0.2, -0.15) is 0 Å². The van der Waals surface area contributed by atoms with E-state index >= 15 is 0 Å². The van der Waals surface area contributed by atoms with Gasteiger partial charge in [0.05, 0.1) is 23.2 Å². The molecule has 2 nitrogen and oxygen atoms in total. The SMILES string of the molecule is O=S(Cc1cc(Cl)cc2c1OCC2)c1ccc(F)cc1. The molecule has 0 N–H and O–H groups in total. The van der Waals surface area contributed by atoms with Crippen molar-refractivity contribution in [2.24, 2.45) is 0 Å². The second-order valence-corrected chi connectivity index (χ2v) is 6.48. The minimum atomic E-state index is -1.25. The molecule has 1 unspecified atom stereocenters. The number of hydrogen-bond acceptors (Lipinski definition) is 2. The molecule has 0 bridgehead atoms. The zero-order valence-electron chi connectivity index (χ0n) is 10.6. The first-order valence-electron chi connectivity index (χ1n) is 6.21. The maximum atomic E-state index is 12.9. The zero-order valence-corrected chi connectivity index (χ0v) is 12.1. The van der Waals surface area contributed by atoms with E-state index in [2.05, 4.69) is 0 Å². The Morgan fingerprint density at radius 1 is 1.25 bits per heavy atom. The third kappa shape index (κ3) is 2.72. The molecular weight excluding hydrogens is 299 g/mol. The van der Waals surface area contributed by atoms with Gasteiger partial charge in [-0.1, -0.05) is 11.6 Å². The molecule has 3 rings (SSSR count). The average Bonchev–Trinajstić information content (AvgIpc) is 2.87. The minimum absolute atomic E-state index is 0.314. The fourth-order valence-corrected chi connectivity index (χ4v) is 3.63. The van der Waals surface area contributed by atoms with Gasteiger partial charge in [0, 0.05) is 21.9 Å². The number of ether oxygens (including phenoxy) is 1. The first-order valence-corrected chi connectivity index (χ1v) is 7.91. The highest BCUT2D eigenvalue weighted by molar-refractivity contribution is 7.84. The van der Waals surface area contributed by atoms with Crippen LogP contribution in [-0.4, -0.2) is 10.8 Å². The Balaban J connectivity index is 1.88. The van der Waals surface area contributed by atoms with Crippen LogP contribution in [0.15, 0.2) is 41.3 Å². The second kappa shape index (κ2) is 5.54. The molecule has 20 heavy (non-hydrogen) atoms. The summed E-state index contributed by atoms with van der Waals surface area (Å²) in [7, 11) is -1.25. The van der Waals surface area contributed by atoms with E-state index in [0.717, 1.165) is 23.3 Å². The van der Waals surface area contributed by atoms with Gasteiger partial charge in [-0.25, -0.2) is 4.39 Å². The van der Waals surface area contributed by atoms with Crippen molar-refractivity contribution < 1.29 is 13.3 Å². The summed E-state index contributed by atoms with van der Waals surface area (Å²) in [5, 5.41) is 0.625. The van der Waals surface area contributed by atoms with E-state index in [1.54, 1.807) is 6.07 Å². The Bertz CT molecular complexity index is 670. The summed E-state index contributed by atoms with van der Waals surface area (Å²) >= 11 is 6.07. The smallest absolute Gasteiger partial charge is 0.126 e. The zero-order chi connectivity index (χ0) is 14.1. The molecule has 1 aliphatic heterocycles. The summed E-state index contributed by atoms with van der Waals surface area (Å²) in [4.78, 5) is 0.595. The summed E-state index contributed by atoms with van der Waals surface area (Å²) in [5.74, 6) is 0.775. The fourth-order valence-electron chi connectivity index (χ4n) is 2.26. The molecule has 104 valence electrons. The van der Waals surface area contributed by atoms with Crippen LogP contribution < -0.4 is 4.74 Å². The van der Waals surface area contributed by atoms with E-state index in [1.165, 1.54) is 24.3 Å². The first kappa shape index (κ1) is 13.6. The van der Waals surface area contributed by atoms with Gasteiger partial charge in [0.2, 0.25) is 0 Å². The molecule has 0 aliphatic carbocycles. The molecule has 0 spiro atoms. The van der Waals surface area contributed by atoms with Crippen LogP contribution in [0, 0.1) is 5.82 Å². The van der Waals surface area contributed by atoms with Gasteiger partial charge in [0.25, 0.3) is 0 Å². The van der Waals surface area contributed by atoms with Crippen molar-refractivity contribution in [3.63, 3.8) is 0 Å². The second-order valence-electron chi connectivity index (χ2n) is 4.60. The van der Waals surface area contributed by atoms with Gasteiger partial charge in [0.15, 0.2) is 0 Å². The number of halogens is 2. The van der Waals surface area contributed by atoms with Gasteiger partial charge in [0.1, 0.15) is 11.6 Å². The van der Waals surface area contributed by atoms with Crippen LogP contribution in [0.4, 0.5) is 4.39 Å². The standard InChI is InChI=1S/C15H12ClFO2S/c16-12-7-10-5-6-19-15(10)11(8-12)9-20(18)14-3-1-13(17)2-4-14/h1-4,7-8H,5-6,9H2. The van der Waals surface area contributed by atoms with Crippen LogP contribution in [0.25, 0.3) is 0 Å². The lowest BCUT2D eigenvalue weighted by atomic mass is 10.1. The number of rotatable bonds is 3. The van der Waals surface area contributed by atoms with Crippen LogP contribution in [0.5, 0.6) is 5.75 Å². The first-order chi connectivity index (χ1) is 9.63. The summed E-state index contributed by atoms with van der Waals surface area (Å²) in [5.41, 5.74) is 1.90. The van der Waals surface area contributed by atoms with Crippen LogP contribution >= 0.6 is 11.6 Å². The Morgan fingerprint density at radius 2 is 2.00 bits per heavy atom. The lowest BCUT2D eigenvalue weighted by Crippen LogP contribution is -1.99.